The van der Waals surface area contributed by atoms with Crippen molar-refractivity contribution in [3.63, 3.8) is 0 Å². The highest BCUT2D eigenvalue weighted by Crippen LogP contribution is 2.36. The summed E-state index contributed by atoms with van der Waals surface area (Å²) in [6.07, 6.45) is -14.3. The predicted octanol–water partition coefficient (Wildman–Crippen LogP) is -1.17. The molecule has 0 bridgehead atoms. The molecule has 0 spiro atoms. The van der Waals surface area contributed by atoms with E-state index in [1.807, 2.05) is 6.08 Å². The summed E-state index contributed by atoms with van der Waals surface area (Å²) in [5.41, 5.74) is 0. The van der Waals surface area contributed by atoms with Crippen LogP contribution in [0.1, 0.15) is 188 Å². The number of amides is 2. The Bertz CT molecular complexity index is 2110. The van der Waals surface area contributed by atoms with Gasteiger partial charge >= 0.3 is 0 Å². The van der Waals surface area contributed by atoms with Gasteiger partial charge in [0.2, 0.25) is 11.8 Å². The first-order valence-electron chi connectivity index (χ1n) is 35.5. The number of ether oxygens (including phenoxy) is 10. The average Bonchev–Trinajstić information content (AvgIpc) is 0.782. The van der Waals surface area contributed by atoms with E-state index in [1.165, 1.54) is 96.3 Å². The molecule has 0 aromatic carbocycles. The van der Waals surface area contributed by atoms with Gasteiger partial charge in [-0.3, -0.25) is 9.59 Å². The minimum Gasteiger partial charge on any atom is -0.394 e. The molecule has 0 radical (unpaired) electrons. The number of hydrogen-bond acceptors (Lipinski definition) is 28. The fourth-order valence-electron chi connectivity index (χ4n) is 12.9. The van der Waals surface area contributed by atoms with E-state index in [9.17, 15) is 91.3 Å². The Hall–Kier alpha value is -2.36. The molecule has 5 heterocycles. The molecule has 0 saturated carbocycles. The molecule has 18 N–H and O–H groups in total. The standard InChI is InChI=1S/C66H120N2O28/c1-4-6-8-10-12-14-16-18-20-22-24-26-28-30-40(75)39(68-46(76)31-29-27-25-23-21-19-17-15-13-11-9-7-5-2)37-87-63-55(84)53(82)59(45(36-73)92-63)94-65-57(86)61(50(79)43(34-71)89-65)96-66-56(85)60(49(78)42(33-70)90-66)95-62-47(67-38(3)74)51(80)58(44(35-72)91-62)93-64-54(83)52(81)48(77)41(32-69)88-64/h28,30,39-45,47-66,69-73,75,77-86H,4-27,29,31-37H2,1-3H3,(H,67,74)(H,68,76)/b30-28+/t39-,40+,41?,42?,43?,44?,45?,47?,48-,49-,50-,51+,52-,53+,54?,55?,56?,57?,58+,59+,60-,61-,62-,63+,64-,65-,66+/m0/s1. The summed E-state index contributed by atoms with van der Waals surface area (Å²) in [6.45, 7) is 0.315. The molecule has 27 atom stereocenters. The van der Waals surface area contributed by atoms with Crippen molar-refractivity contribution in [3.05, 3.63) is 12.2 Å². The van der Waals surface area contributed by atoms with E-state index in [0.29, 0.717) is 12.8 Å². The van der Waals surface area contributed by atoms with Gasteiger partial charge in [-0.15, -0.1) is 0 Å². The van der Waals surface area contributed by atoms with Crippen molar-refractivity contribution in [3.8, 4) is 0 Å². The number of aliphatic hydroxyl groups excluding tert-OH is 16. The maximum absolute atomic E-state index is 13.4. The topological polar surface area (TPSA) is 474 Å². The molecule has 30 heteroatoms. The van der Waals surface area contributed by atoms with E-state index in [2.05, 4.69) is 24.5 Å². The van der Waals surface area contributed by atoms with Gasteiger partial charge in [0.05, 0.1) is 51.8 Å². The second-order valence-corrected chi connectivity index (χ2v) is 26.4. The van der Waals surface area contributed by atoms with Gasteiger partial charge in [-0.1, -0.05) is 167 Å². The average molecular weight is 1390 g/mol. The molecule has 562 valence electrons. The molecule has 5 saturated heterocycles. The minimum absolute atomic E-state index is 0.191. The fourth-order valence-corrected chi connectivity index (χ4v) is 12.9. The van der Waals surface area contributed by atoms with Crippen LogP contribution in [0.2, 0.25) is 0 Å². The summed E-state index contributed by atoms with van der Waals surface area (Å²) in [4.78, 5) is 26.0. The van der Waals surface area contributed by atoms with Crippen molar-refractivity contribution in [2.75, 3.05) is 39.6 Å². The number of nitrogens with one attached hydrogen (secondary N) is 2. The van der Waals surface area contributed by atoms with Gasteiger partial charge in [0.15, 0.2) is 31.5 Å². The molecular formula is C66H120N2O28. The zero-order valence-electron chi connectivity index (χ0n) is 56.4. The van der Waals surface area contributed by atoms with Gasteiger partial charge in [-0.05, 0) is 19.3 Å². The van der Waals surface area contributed by atoms with Crippen LogP contribution in [0, 0.1) is 0 Å². The Labute approximate surface area is 564 Å². The maximum atomic E-state index is 13.4. The van der Waals surface area contributed by atoms with E-state index in [0.717, 1.165) is 58.3 Å². The highest BCUT2D eigenvalue weighted by atomic mass is 16.8. The highest BCUT2D eigenvalue weighted by molar-refractivity contribution is 5.76. The summed E-state index contributed by atoms with van der Waals surface area (Å²) in [6, 6.07) is -2.77. The normalized spacial score (nSPS) is 36.6. The van der Waals surface area contributed by atoms with E-state index >= 15 is 0 Å². The second-order valence-electron chi connectivity index (χ2n) is 26.4. The van der Waals surface area contributed by atoms with Crippen LogP contribution >= 0.6 is 0 Å². The van der Waals surface area contributed by atoms with Crippen LogP contribution in [0.5, 0.6) is 0 Å². The Balaban J connectivity index is 1.22. The van der Waals surface area contributed by atoms with E-state index < -0.39 is 211 Å². The molecule has 10 unspecified atom stereocenters. The third-order valence-electron chi connectivity index (χ3n) is 18.7. The van der Waals surface area contributed by atoms with Crippen LogP contribution < -0.4 is 10.6 Å². The lowest BCUT2D eigenvalue weighted by atomic mass is 9.94. The largest absolute Gasteiger partial charge is 0.394 e. The third kappa shape index (κ3) is 25.9. The van der Waals surface area contributed by atoms with Crippen LogP contribution in [0.15, 0.2) is 12.2 Å². The van der Waals surface area contributed by atoms with Crippen molar-refractivity contribution in [1.82, 2.24) is 10.6 Å². The van der Waals surface area contributed by atoms with Crippen molar-refractivity contribution in [1.29, 1.82) is 0 Å². The van der Waals surface area contributed by atoms with Crippen molar-refractivity contribution in [2.45, 2.75) is 353 Å². The number of hydrogen-bond donors (Lipinski definition) is 18. The van der Waals surface area contributed by atoms with Crippen LogP contribution in [0.3, 0.4) is 0 Å². The quantitative estimate of drug-likeness (QED) is 0.0252. The summed E-state index contributed by atoms with van der Waals surface area (Å²) in [5.74, 6) is -1.14. The fraction of sp³-hybridized carbons (Fsp3) is 0.939. The van der Waals surface area contributed by atoms with Crippen molar-refractivity contribution in [2.24, 2.45) is 0 Å². The SMILES string of the molecule is CCCCCCCCCCCCC/C=C/[C@@H](O)[C@H](CO[C@@H]1OC(CO)[C@@H](O[C@@H]2OC(CO)[C@H](O)[C@H](O[C@H]3OC(CO)[C@H](O)[C@H](O[C@@H]4OC(CO)[C@@H](O[C@@H]5OC(CO)[C@H](O)[C@H](O)C5O)[C@H](O)C4NC(C)=O)C3O)C2O)[C@H](O)C1O)NC(=O)CCCCCCCCCCCCCCC. The first kappa shape index (κ1) is 84.3. The van der Waals surface area contributed by atoms with Crippen LogP contribution in [-0.2, 0) is 57.0 Å². The number of unbranched alkanes of at least 4 members (excludes halogenated alkanes) is 23. The number of carbonyl (C=O) groups excluding carboxylic acids is 2. The number of allylic oxidation sites excluding steroid dienone is 1. The molecule has 2 amide bonds. The first-order chi connectivity index (χ1) is 46.2. The number of aliphatic hydroxyl groups is 16. The van der Waals surface area contributed by atoms with Crippen molar-refractivity contribution >= 4 is 11.8 Å². The zero-order valence-corrected chi connectivity index (χ0v) is 56.4. The molecule has 5 fully saturated rings. The lowest BCUT2D eigenvalue weighted by molar-refractivity contribution is -0.390. The van der Waals surface area contributed by atoms with Gasteiger partial charge in [-0.25, -0.2) is 0 Å². The van der Waals surface area contributed by atoms with Gasteiger partial charge in [-0.2, -0.15) is 0 Å². The summed E-state index contributed by atoms with van der Waals surface area (Å²) < 4.78 is 58.2. The van der Waals surface area contributed by atoms with Gasteiger partial charge in [0.1, 0.15) is 122 Å². The summed E-state index contributed by atoms with van der Waals surface area (Å²) in [7, 11) is 0. The molecular weight excluding hydrogens is 1270 g/mol. The number of carbonyl (C=O) groups is 2. The Morgan fingerprint density at radius 2 is 0.771 bits per heavy atom. The van der Waals surface area contributed by atoms with E-state index in [4.69, 9.17) is 47.4 Å². The summed E-state index contributed by atoms with van der Waals surface area (Å²) in [5, 5.41) is 181. The lowest BCUT2D eigenvalue weighted by Crippen LogP contribution is -2.70. The predicted molar refractivity (Wildman–Crippen MR) is 340 cm³/mol. The molecule has 0 aromatic heterocycles. The van der Waals surface area contributed by atoms with Crippen molar-refractivity contribution < 1.29 is 139 Å². The van der Waals surface area contributed by atoms with Gasteiger partial charge in [0.25, 0.3) is 0 Å². The maximum Gasteiger partial charge on any atom is 0.220 e. The number of rotatable bonds is 46. The molecule has 96 heavy (non-hydrogen) atoms. The third-order valence-corrected chi connectivity index (χ3v) is 18.7. The van der Waals surface area contributed by atoms with Gasteiger partial charge < -0.3 is 140 Å². The van der Waals surface area contributed by atoms with E-state index in [1.54, 1.807) is 6.08 Å². The molecule has 5 rings (SSSR count). The van der Waals surface area contributed by atoms with Gasteiger partial charge in [0, 0.05) is 13.3 Å². The highest BCUT2D eigenvalue weighted by Gasteiger charge is 2.57. The second kappa shape index (κ2) is 45.6. The smallest absolute Gasteiger partial charge is 0.220 e. The lowest BCUT2D eigenvalue weighted by Gasteiger charge is -2.50. The van der Waals surface area contributed by atoms with E-state index in [-0.39, 0.29) is 12.3 Å². The van der Waals surface area contributed by atoms with Crippen LogP contribution in [0.25, 0.3) is 0 Å². The Morgan fingerprint density at radius 1 is 0.406 bits per heavy atom. The molecule has 5 aliphatic heterocycles. The molecule has 0 aromatic rings. The molecule has 0 aliphatic carbocycles. The molecule has 30 nitrogen and oxygen atoms in total. The first-order valence-corrected chi connectivity index (χ1v) is 35.5. The minimum atomic E-state index is -2.21. The zero-order chi connectivity index (χ0) is 70.3. The Morgan fingerprint density at radius 3 is 1.22 bits per heavy atom. The summed E-state index contributed by atoms with van der Waals surface area (Å²) >= 11 is 0. The van der Waals surface area contributed by atoms with Crippen LogP contribution in [0.4, 0.5) is 0 Å². The molecule has 5 aliphatic rings. The Kier molecular flexibility index (Phi) is 40.0. The van der Waals surface area contributed by atoms with Crippen LogP contribution in [-0.4, -0.2) is 299 Å². The monoisotopic (exact) mass is 1390 g/mol.